The predicted octanol–water partition coefficient (Wildman–Crippen LogP) is 1.77. The lowest BCUT2D eigenvalue weighted by Gasteiger charge is -2.22. The smallest absolute Gasteiger partial charge is 0.226 e. The molecule has 0 bridgehead atoms. The molecule has 24 heavy (non-hydrogen) atoms. The Labute approximate surface area is 139 Å². The van der Waals surface area contributed by atoms with Gasteiger partial charge in [0.05, 0.1) is 25.2 Å². The molecule has 0 radical (unpaired) electrons. The van der Waals surface area contributed by atoms with E-state index >= 15 is 0 Å². The van der Waals surface area contributed by atoms with E-state index in [4.69, 9.17) is 9.15 Å². The van der Waals surface area contributed by atoms with Crippen molar-refractivity contribution in [2.45, 2.75) is 12.3 Å². The Hall–Kier alpha value is -2.23. The fourth-order valence-electron chi connectivity index (χ4n) is 3.55. The van der Waals surface area contributed by atoms with E-state index in [1.54, 1.807) is 19.1 Å². The van der Waals surface area contributed by atoms with Crippen LogP contribution in [0.4, 0.5) is 4.39 Å². The van der Waals surface area contributed by atoms with E-state index in [-0.39, 0.29) is 11.2 Å². The lowest BCUT2D eigenvalue weighted by atomic mass is 9.81. The molecule has 2 aromatic rings. The summed E-state index contributed by atoms with van der Waals surface area (Å²) in [5, 5.41) is 8.21. The molecule has 2 aliphatic rings. The number of rotatable bonds is 2. The largest absolute Gasteiger partial charge is 0.425 e. The number of hydrogen-bond acceptors (Lipinski definition) is 5. The Morgan fingerprint density at radius 2 is 2.17 bits per heavy atom. The lowest BCUT2D eigenvalue weighted by Crippen LogP contribution is -2.36. The maximum absolute atomic E-state index is 12.9. The van der Waals surface area contributed by atoms with Gasteiger partial charge in [-0.1, -0.05) is 11.8 Å². The second-order valence-electron chi connectivity index (χ2n) is 6.47. The molecular formula is C18H18FN3O2. The van der Waals surface area contributed by atoms with Gasteiger partial charge in [-0.25, -0.2) is 4.39 Å². The van der Waals surface area contributed by atoms with Gasteiger partial charge in [0, 0.05) is 31.5 Å². The highest BCUT2D eigenvalue weighted by Gasteiger charge is 2.55. The third-order valence-electron chi connectivity index (χ3n) is 4.78. The SMILES string of the molecule is Cc1nnc([C@]23COC[C@H]2CN(CC#Cc2ccc(F)cc2)C3)o1. The van der Waals surface area contributed by atoms with Crippen molar-refractivity contribution in [1.82, 2.24) is 15.1 Å². The molecule has 6 heteroatoms. The Morgan fingerprint density at radius 3 is 2.92 bits per heavy atom. The molecule has 3 heterocycles. The Morgan fingerprint density at radius 1 is 1.33 bits per heavy atom. The van der Waals surface area contributed by atoms with E-state index in [1.165, 1.54) is 12.1 Å². The average Bonchev–Trinajstić information content (AvgIpc) is 3.23. The maximum atomic E-state index is 12.9. The number of likely N-dealkylation sites (tertiary alicyclic amines) is 1. The number of ether oxygens (including phenoxy) is 1. The summed E-state index contributed by atoms with van der Waals surface area (Å²) in [5.41, 5.74) is 0.611. The molecule has 2 fully saturated rings. The standard InChI is InChI=1S/C18H18FN3O2/c1-13-20-21-17(24-13)18-11-22(9-15(18)10-23-12-18)8-2-3-14-4-6-16(19)7-5-14/h4-7,15H,8-12H2,1H3/t15-,18-/m1/s1. The number of benzene rings is 1. The van der Waals surface area contributed by atoms with Crippen molar-refractivity contribution in [2.24, 2.45) is 5.92 Å². The highest BCUT2D eigenvalue weighted by atomic mass is 19.1. The number of fused-ring (bicyclic) bond motifs is 1. The zero-order chi connectivity index (χ0) is 16.6. The topological polar surface area (TPSA) is 51.4 Å². The van der Waals surface area contributed by atoms with Crippen LogP contribution in [0, 0.1) is 30.5 Å². The molecule has 2 saturated heterocycles. The molecular weight excluding hydrogens is 309 g/mol. The van der Waals surface area contributed by atoms with Crippen molar-refractivity contribution >= 4 is 0 Å². The van der Waals surface area contributed by atoms with Gasteiger partial charge in [0.1, 0.15) is 5.82 Å². The van der Waals surface area contributed by atoms with Crippen LogP contribution >= 0.6 is 0 Å². The van der Waals surface area contributed by atoms with Gasteiger partial charge >= 0.3 is 0 Å². The minimum absolute atomic E-state index is 0.210. The Bertz CT molecular complexity index is 793. The van der Waals surface area contributed by atoms with Crippen molar-refractivity contribution in [2.75, 3.05) is 32.8 Å². The number of aromatic nitrogens is 2. The van der Waals surface area contributed by atoms with Crippen molar-refractivity contribution in [3.8, 4) is 11.8 Å². The molecule has 2 aliphatic heterocycles. The van der Waals surface area contributed by atoms with Gasteiger partial charge in [0.25, 0.3) is 0 Å². The number of aryl methyl sites for hydroxylation is 1. The first-order chi connectivity index (χ1) is 11.7. The maximum Gasteiger partial charge on any atom is 0.226 e. The molecule has 0 unspecified atom stereocenters. The van der Waals surface area contributed by atoms with Gasteiger partial charge in [0.2, 0.25) is 11.8 Å². The van der Waals surface area contributed by atoms with Crippen molar-refractivity contribution in [3.63, 3.8) is 0 Å². The minimum Gasteiger partial charge on any atom is -0.425 e. The second-order valence-corrected chi connectivity index (χ2v) is 6.47. The van der Waals surface area contributed by atoms with E-state index in [9.17, 15) is 4.39 Å². The van der Waals surface area contributed by atoms with Gasteiger partial charge in [0.15, 0.2) is 0 Å². The fourth-order valence-corrected chi connectivity index (χ4v) is 3.55. The lowest BCUT2D eigenvalue weighted by molar-refractivity contribution is 0.145. The first-order valence-electron chi connectivity index (χ1n) is 8.01. The predicted molar refractivity (Wildman–Crippen MR) is 84.7 cm³/mol. The molecule has 0 spiro atoms. The summed E-state index contributed by atoms with van der Waals surface area (Å²) in [7, 11) is 0. The number of halogens is 1. The molecule has 0 aliphatic carbocycles. The summed E-state index contributed by atoms with van der Waals surface area (Å²) >= 11 is 0. The van der Waals surface area contributed by atoms with Gasteiger partial charge in [-0.05, 0) is 24.3 Å². The average molecular weight is 327 g/mol. The summed E-state index contributed by atoms with van der Waals surface area (Å²) in [6.07, 6.45) is 0. The highest BCUT2D eigenvalue weighted by Crippen LogP contribution is 2.42. The summed E-state index contributed by atoms with van der Waals surface area (Å²) in [5.74, 6) is 7.62. The molecule has 0 amide bonds. The molecule has 2 atom stereocenters. The van der Waals surface area contributed by atoms with Crippen molar-refractivity contribution in [1.29, 1.82) is 0 Å². The van der Waals surface area contributed by atoms with Crippen LogP contribution in [-0.4, -0.2) is 47.9 Å². The summed E-state index contributed by atoms with van der Waals surface area (Å²) in [4.78, 5) is 2.29. The normalized spacial score (nSPS) is 26.2. The van der Waals surface area contributed by atoms with E-state index in [2.05, 4.69) is 26.9 Å². The molecule has 1 aromatic carbocycles. The molecule has 0 N–H and O–H groups in total. The van der Waals surface area contributed by atoms with E-state index in [0.29, 0.717) is 37.5 Å². The van der Waals surface area contributed by atoms with Crippen LogP contribution in [0.25, 0.3) is 0 Å². The second kappa shape index (κ2) is 6.00. The van der Waals surface area contributed by atoms with Crippen LogP contribution in [0.15, 0.2) is 28.7 Å². The first kappa shape index (κ1) is 15.3. The summed E-state index contributed by atoms with van der Waals surface area (Å²) in [6.45, 7) is 5.49. The zero-order valence-electron chi connectivity index (χ0n) is 13.5. The van der Waals surface area contributed by atoms with Crippen molar-refractivity contribution < 1.29 is 13.5 Å². The fraction of sp³-hybridized carbons (Fsp3) is 0.444. The minimum atomic E-state index is -0.246. The molecule has 5 nitrogen and oxygen atoms in total. The van der Waals surface area contributed by atoms with Crippen LogP contribution in [0.2, 0.25) is 0 Å². The number of hydrogen-bond donors (Lipinski definition) is 0. The van der Waals surface area contributed by atoms with Gasteiger partial charge < -0.3 is 9.15 Å². The Kier molecular flexibility index (Phi) is 3.83. The number of nitrogens with zero attached hydrogens (tertiary/aromatic N) is 3. The van der Waals surface area contributed by atoms with Crippen LogP contribution < -0.4 is 0 Å². The monoisotopic (exact) mass is 327 g/mol. The zero-order valence-corrected chi connectivity index (χ0v) is 13.5. The third-order valence-corrected chi connectivity index (χ3v) is 4.78. The summed E-state index contributed by atoms with van der Waals surface area (Å²) < 4.78 is 24.3. The molecule has 124 valence electrons. The van der Waals surface area contributed by atoms with Crippen molar-refractivity contribution in [3.05, 3.63) is 47.4 Å². The van der Waals surface area contributed by atoms with E-state index < -0.39 is 0 Å². The van der Waals surface area contributed by atoms with E-state index in [1.807, 2.05) is 0 Å². The van der Waals surface area contributed by atoms with Crippen LogP contribution in [0.3, 0.4) is 0 Å². The van der Waals surface area contributed by atoms with Gasteiger partial charge in [-0.2, -0.15) is 0 Å². The summed E-state index contributed by atoms with van der Waals surface area (Å²) in [6, 6.07) is 6.23. The first-order valence-corrected chi connectivity index (χ1v) is 8.01. The molecule has 4 rings (SSSR count). The highest BCUT2D eigenvalue weighted by molar-refractivity contribution is 5.34. The van der Waals surface area contributed by atoms with Crippen LogP contribution in [0.5, 0.6) is 0 Å². The quantitative estimate of drug-likeness (QED) is 0.787. The van der Waals surface area contributed by atoms with Crippen LogP contribution in [-0.2, 0) is 10.2 Å². The van der Waals surface area contributed by atoms with Gasteiger partial charge in [-0.15, -0.1) is 10.2 Å². The van der Waals surface area contributed by atoms with E-state index in [0.717, 1.165) is 18.7 Å². The third kappa shape index (κ3) is 2.70. The Balaban J connectivity index is 1.47. The van der Waals surface area contributed by atoms with Gasteiger partial charge in [-0.3, -0.25) is 4.90 Å². The van der Waals surface area contributed by atoms with Crippen LogP contribution in [0.1, 0.15) is 17.3 Å². The molecule has 1 aromatic heterocycles. The molecule has 0 saturated carbocycles.